The molecule has 3 aromatic rings. The molecule has 2 N–H and O–H groups in total. The van der Waals surface area contributed by atoms with Crippen LogP contribution in [0.3, 0.4) is 0 Å². The minimum atomic E-state index is -3.03. The zero-order valence-electron chi connectivity index (χ0n) is 24.2. The number of benzene rings is 2. The summed E-state index contributed by atoms with van der Waals surface area (Å²) in [6.07, 6.45) is 2.44. The van der Waals surface area contributed by atoms with Crippen molar-refractivity contribution in [3.05, 3.63) is 70.9 Å². The molecule has 9 nitrogen and oxygen atoms in total. The van der Waals surface area contributed by atoms with E-state index in [0.29, 0.717) is 49.8 Å². The summed E-state index contributed by atoms with van der Waals surface area (Å²) >= 11 is 0. The Kier molecular flexibility index (Phi) is 7.43. The number of fused-ring (bicyclic) bond motifs is 3. The first kappa shape index (κ1) is 28.8. The van der Waals surface area contributed by atoms with Crippen molar-refractivity contribution < 1.29 is 28.0 Å². The number of hydrogen-bond acceptors (Lipinski definition) is 4. The SMILES string of the molecule is CC(=O)N1CC[C@H]2CC[C@@H](C(=O)N3CCc4ccccc4C3)N2C(=O)[C@@H](NC(=O)c2cc3cc(C(C)(F)F)ccc3[nH]2)C1. The Morgan fingerprint density at radius 2 is 1.74 bits per heavy atom. The van der Waals surface area contributed by atoms with Crippen LogP contribution < -0.4 is 5.32 Å². The number of amides is 4. The Labute approximate surface area is 248 Å². The van der Waals surface area contributed by atoms with Gasteiger partial charge in [-0.2, -0.15) is 0 Å². The van der Waals surface area contributed by atoms with Crippen molar-refractivity contribution in [1.82, 2.24) is 25.0 Å². The highest BCUT2D eigenvalue weighted by molar-refractivity contribution is 6.01. The number of carbonyl (C=O) groups excluding carboxylic acids is 4. The minimum Gasteiger partial charge on any atom is -0.351 e. The largest absolute Gasteiger partial charge is 0.351 e. The molecule has 43 heavy (non-hydrogen) atoms. The smallest absolute Gasteiger partial charge is 0.270 e. The molecule has 4 heterocycles. The van der Waals surface area contributed by atoms with Crippen LogP contribution in [-0.2, 0) is 33.3 Å². The van der Waals surface area contributed by atoms with Crippen LogP contribution in [0.1, 0.15) is 60.3 Å². The first-order valence-corrected chi connectivity index (χ1v) is 14.7. The summed E-state index contributed by atoms with van der Waals surface area (Å²) < 4.78 is 27.7. The number of carbonyl (C=O) groups is 4. The van der Waals surface area contributed by atoms with E-state index in [0.717, 1.165) is 18.9 Å². The Morgan fingerprint density at radius 1 is 0.977 bits per heavy atom. The normalized spacial score (nSPS) is 22.6. The molecule has 4 amide bonds. The van der Waals surface area contributed by atoms with Crippen molar-refractivity contribution in [3.63, 3.8) is 0 Å². The molecule has 3 atom stereocenters. The third kappa shape index (κ3) is 5.60. The van der Waals surface area contributed by atoms with Gasteiger partial charge in [-0.1, -0.05) is 30.3 Å². The molecule has 3 aliphatic rings. The van der Waals surface area contributed by atoms with Gasteiger partial charge in [0.05, 0.1) is 0 Å². The molecule has 0 spiro atoms. The average Bonchev–Trinajstić information content (AvgIpc) is 3.60. The fourth-order valence-corrected chi connectivity index (χ4v) is 6.67. The second-order valence-electron chi connectivity index (χ2n) is 11.9. The molecule has 6 rings (SSSR count). The van der Waals surface area contributed by atoms with E-state index in [4.69, 9.17) is 0 Å². The topological polar surface area (TPSA) is 106 Å². The zero-order chi connectivity index (χ0) is 30.5. The van der Waals surface area contributed by atoms with Crippen LogP contribution in [0.2, 0.25) is 0 Å². The van der Waals surface area contributed by atoms with Gasteiger partial charge in [0.25, 0.3) is 11.8 Å². The van der Waals surface area contributed by atoms with Crippen molar-refractivity contribution in [1.29, 1.82) is 0 Å². The second kappa shape index (κ2) is 11.1. The number of halogens is 2. The third-order valence-electron chi connectivity index (χ3n) is 9.04. The number of alkyl halides is 2. The zero-order valence-corrected chi connectivity index (χ0v) is 24.2. The van der Waals surface area contributed by atoms with Crippen molar-refractivity contribution in [2.24, 2.45) is 0 Å². The lowest BCUT2D eigenvalue weighted by Crippen LogP contribution is -2.61. The lowest BCUT2D eigenvalue weighted by atomic mass is 9.99. The molecule has 1 aromatic heterocycles. The summed E-state index contributed by atoms with van der Waals surface area (Å²) in [5.41, 5.74) is 2.76. The maximum absolute atomic E-state index is 14.1. The van der Waals surface area contributed by atoms with Gasteiger partial charge in [-0.25, -0.2) is 8.78 Å². The van der Waals surface area contributed by atoms with Crippen LogP contribution in [0.25, 0.3) is 10.9 Å². The van der Waals surface area contributed by atoms with E-state index >= 15 is 0 Å². The van der Waals surface area contributed by atoms with Crippen LogP contribution in [0.5, 0.6) is 0 Å². The predicted molar refractivity (Wildman–Crippen MR) is 155 cm³/mol. The van der Waals surface area contributed by atoms with Gasteiger partial charge in [-0.05, 0) is 55.0 Å². The van der Waals surface area contributed by atoms with E-state index in [2.05, 4.69) is 16.4 Å². The summed E-state index contributed by atoms with van der Waals surface area (Å²) in [5.74, 6) is -4.35. The molecule has 226 valence electrons. The first-order valence-electron chi connectivity index (χ1n) is 14.7. The van der Waals surface area contributed by atoms with Crippen LogP contribution in [0.15, 0.2) is 48.5 Å². The number of nitrogens with one attached hydrogen (secondary N) is 2. The van der Waals surface area contributed by atoms with E-state index in [1.54, 1.807) is 9.80 Å². The maximum atomic E-state index is 14.1. The van der Waals surface area contributed by atoms with Gasteiger partial charge in [0.15, 0.2) is 0 Å². The van der Waals surface area contributed by atoms with Gasteiger partial charge in [-0.3, -0.25) is 19.2 Å². The van der Waals surface area contributed by atoms with Crippen LogP contribution >= 0.6 is 0 Å². The van der Waals surface area contributed by atoms with E-state index < -0.39 is 29.8 Å². The molecule has 2 aromatic carbocycles. The molecule has 11 heteroatoms. The molecular formula is C32H35F2N5O4. The number of hydrogen-bond donors (Lipinski definition) is 2. The summed E-state index contributed by atoms with van der Waals surface area (Å²) in [7, 11) is 0. The standard InChI is InChI=1S/C32H35F2N5O4/c1-19(40)37-14-12-24-8-10-28(31(43)38-13-11-20-5-3-4-6-21(20)17-38)39(24)30(42)27(18-37)36-29(41)26-16-22-15-23(32(2,33)34)7-9-25(22)35-26/h3-7,9,15-16,24,27-28,35H,8,10-14,17-18H2,1-2H3,(H,36,41)/t24-,27+,28+/m1/s1. The average molecular weight is 592 g/mol. The second-order valence-corrected chi connectivity index (χ2v) is 11.9. The summed E-state index contributed by atoms with van der Waals surface area (Å²) in [4.78, 5) is 61.8. The van der Waals surface area contributed by atoms with Crippen LogP contribution in [0, 0.1) is 0 Å². The van der Waals surface area contributed by atoms with Crippen LogP contribution in [0.4, 0.5) is 8.78 Å². The van der Waals surface area contributed by atoms with Gasteiger partial charge in [0.1, 0.15) is 17.8 Å². The van der Waals surface area contributed by atoms with Gasteiger partial charge in [0, 0.05) is 62.5 Å². The summed E-state index contributed by atoms with van der Waals surface area (Å²) in [6, 6.07) is 11.7. The maximum Gasteiger partial charge on any atom is 0.270 e. The Balaban J connectivity index is 1.24. The van der Waals surface area contributed by atoms with E-state index in [9.17, 15) is 28.0 Å². The summed E-state index contributed by atoms with van der Waals surface area (Å²) in [5, 5.41) is 3.22. The number of rotatable bonds is 4. The molecule has 2 saturated heterocycles. The van der Waals surface area contributed by atoms with Gasteiger partial charge in [-0.15, -0.1) is 0 Å². The highest BCUT2D eigenvalue weighted by Gasteiger charge is 2.46. The fraction of sp³-hybridized carbons (Fsp3) is 0.438. The Hall–Kier alpha value is -4.28. The molecule has 0 aliphatic carbocycles. The molecule has 3 aliphatic heterocycles. The number of aromatic amines is 1. The van der Waals surface area contributed by atoms with Crippen LogP contribution in [-0.4, -0.2) is 81.1 Å². The van der Waals surface area contributed by atoms with Crippen molar-refractivity contribution in [2.75, 3.05) is 19.6 Å². The molecule has 2 fully saturated rings. The van der Waals surface area contributed by atoms with Crippen molar-refractivity contribution in [2.45, 2.75) is 70.1 Å². The molecule has 0 bridgehead atoms. The highest BCUT2D eigenvalue weighted by Crippen LogP contribution is 2.32. The molecular weight excluding hydrogens is 556 g/mol. The molecule has 0 saturated carbocycles. The molecule has 0 unspecified atom stereocenters. The fourth-order valence-electron chi connectivity index (χ4n) is 6.67. The van der Waals surface area contributed by atoms with Crippen molar-refractivity contribution >= 4 is 34.5 Å². The van der Waals surface area contributed by atoms with E-state index in [1.807, 2.05) is 23.1 Å². The monoisotopic (exact) mass is 591 g/mol. The number of nitrogens with zero attached hydrogens (tertiary/aromatic N) is 3. The van der Waals surface area contributed by atoms with Gasteiger partial charge < -0.3 is 25.0 Å². The summed E-state index contributed by atoms with van der Waals surface area (Å²) in [6.45, 7) is 3.66. The van der Waals surface area contributed by atoms with Gasteiger partial charge >= 0.3 is 0 Å². The highest BCUT2D eigenvalue weighted by atomic mass is 19.3. The first-order chi connectivity index (χ1) is 20.5. The quantitative estimate of drug-likeness (QED) is 0.484. The number of H-pyrrole nitrogens is 1. The van der Waals surface area contributed by atoms with E-state index in [1.165, 1.54) is 36.8 Å². The minimum absolute atomic E-state index is 0.0342. The predicted octanol–water partition coefficient (Wildman–Crippen LogP) is 3.57. The van der Waals surface area contributed by atoms with Crippen molar-refractivity contribution in [3.8, 4) is 0 Å². The van der Waals surface area contributed by atoms with Gasteiger partial charge in [0.2, 0.25) is 17.7 Å². The molecule has 0 radical (unpaired) electrons. The van der Waals surface area contributed by atoms with E-state index in [-0.39, 0.29) is 35.7 Å². The number of aromatic nitrogens is 1. The Morgan fingerprint density at radius 3 is 2.49 bits per heavy atom. The Bertz CT molecular complexity index is 1600. The third-order valence-corrected chi connectivity index (χ3v) is 9.04. The lowest BCUT2D eigenvalue weighted by Gasteiger charge is -2.40. The lowest BCUT2D eigenvalue weighted by molar-refractivity contribution is -0.149.